The van der Waals surface area contributed by atoms with Crippen molar-refractivity contribution in [3.8, 4) is 6.07 Å². The fourth-order valence-electron chi connectivity index (χ4n) is 3.00. The van der Waals surface area contributed by atoms with E-state index in [9.17, 15) is 5.26 Å². The molecule has 1 aromatic heterocycles. The molecule has 1 aliphatic rings. The summed E-state index contributed by atoms with van der Waals surface area (Å²) < 4.78 is 5.93. The summed E-state index contributed by atoms with van der Waals surface area (Å²) in [5.41, 5.74) is 2.56. The van der Waals surface area contributed by atoms with Gasteiger partial charge in [-0.05, 0) is 19.4 Å². The third-order valence-corrected chi connectivity index (χ3v) is 3.97. The van der Waals surface area contributed by atoms with Crippen molar-refractivity contribution in [2.45, 2.75) is 32.5 Å². The molecule has 2 aromatic rings. The van der Waals surface area contributed by atoms with Gasteiger partial charge >= 0.3 is 0 Å². The molecule has 3 rings (SSSR count). The molecule has 4 heteroatoms. The Kier molecular flexibility index (Phi) is 3.76. The maximum Gasteiger partial charge on any atom is 0.103 e. The van der Waals surface area contributed by atoms with E-state index in [1.54, 1.807) is 6.20 Å². The predicted molar refractivity (Wildman–Crippen MR) is 83.3 cm³/mol. The summed E-state index contributed by atoms with van der Waals surface area (Å²) in [7, 11) is 0. The lowest BCUT2D eigenvalue weighted by atomic mass is 10.1. The van der Waals surface area contributed by atoms with Crippen molar-refractivity contribution < 1.29 is 4.74 Å². The van der Waals surface area contributed by atoms with Gasteiger partial charge in [-0.1, -0.05) is 25.1 Å². The average molecular weight is 281 g/mol. The second-order valence-electron chi connectivity index (χ2n) is 5.53. The Bertz CT molecular complexity index is 692. The van der Waals surface area contributed by atoms with Gasteiger partial charge in [0, 0.05) is 24.7 Å². The summed E-state index contributed by atoms with van der Waals surface area (Å²) in [4.78, 5) is 6.67. The molecule has 0 bridgehead atoms. The standard InChI is InChI=1S/C17H19N3O/c1-3-14-11-20(10-12(2)21-14)17-13(8-18)9-19-16-7-5-4-6-15(16)17/h4-7,9,12,14H,3,10-11H2,1-2H3. The predicted octanol–water partition coefficient (Wildman–Crippen LogP) is 3.11. The number of para-hydroxylation sites is 1. The molecule has 0 amide bonds. The van der Waals surface area contributed by atoms with E-state index in [0.29, 0.717) is 5.56 Å². The summed E-state index contributed by atoms with van der Waals surface area (Å²) in [5, 5.41) is 10.5. The first kappa shape index (κ1) is 13.8. The van der Waals surface area contributed by atoms with Crippen molar-refractivity contribution >= 4 is 16.6 Å². The number of hydrogen-bond donors (Lipinski definition) is 0. The molecule has 2 atom stereocenters. The van der Waals surface area contributed by atoms with Crippen LogP contribution in [0.3, 0.4) is 0 Å². The molecule has 0 N–H and O–H groups in total. The Balaban J connectivity index is 2.12. The Labute approximate surface area is 125 Å². The van der Waals surface area contributed by atoms with Gasteiger partial charge in [-0.2, -0.15) is 5.26 Å². The molecule has 2 heterocycles. The van der Waals surface area contributed by atoms with Crippen molar-refractivity contribution in [1.29, 1.82) is 5.26 Å². The quantitative estimate of drug-likeness (QED) is 0.848. The number of morpholine rings is 1. The highest BCUT2D eigenvalue weighted by molar-refractivity contribution is 5.94. The maximum absolute atomic E-state index is 9.45. The van der Waals surface area contributed by atoms with Crippen molar-refractivity contribution in [2.24, 2.45) is 0 Å². The highest BCUT2D eigenvalue weighted by Crippen LogP contribution is 2.31. The van der Waals surface area contributed by atoms with Crippen molar-refractivity contribution in [3.63, 3.8) is 0 Å². The molecule has 2 unspecified atom stereocenters. The van der Waals surface area contributed by atoms with Crippen LogP contribution in [0.1, 0.15) is 25.8 Å². The highest BCUT2D eigenvalue weighted by atomic mass is 16.5. The van der Waals surface area contributed by atoms with E-state index in [2.05, 4.69) is 29.8 Å². The highest BCUT2D eigenvalue weighted by Gasteiger charge is 2.27. The Morgan fingerprint density at radius 1 is 1.38 bits per heavy atom. The first-order valence-electron chi connectivity index (χ1n) is 7.41. The zero-order chi connectivity index (χ0) is 14.8. The molecular weight excluding hydrogens is 262 g/mol. The van der Waals surface area contributed by atoms with Crippen LogP contribution in [-0.4, -0.2) is 30.3 Å². The van der Waals surface area contributed by atoms with Crippen LogP contribution in [0.25, 0.3) is 10.9 Å². The van der Waals surface area contributed by atoms with E-state index in [0.717, 1.165) is 36.1 Å². The molecule has 108 valence electrons. The van der Waals surface area contributed by atoms with Crippen LogP contribution in [0, 0.1) is 11.3 Å². The number of nitriles is 1. The monoisotopic (exact) mass is 281 g/mol. The second kappa shape index (κ2) is 5.71. The molecule has 0 aliphatic carbocycles. The number of anilines is 1. The van der Waals surface area contributed by atoms with Gasteiger partial charge in [0.2, 0.25) is 0 Å². The van der Waals surface area contributed by atoms with Crippen LogP contribution in [0.15, 0.2) is 30.5 Å². The van der Waals surface area contributed by atoms with E-state index in [1.807, 2.05) is 24.3 Å². The molecule has 1 saturated heterocycles. The van der Waals surface area contributed by atoms with Gasteiger partial charge in [0.05, 0.1) is 29.0 Å². The van der Waals surface area contributed by atoms with Crippen molar-refractivity contribution in [2.75, 3.05) is 18.0 Å². The van der Waals surface area contributed by atoms with Crippen LogP contribution in [0.4, 0.5) is 5.69 Å². The van der Waals surface area contributed by atoms with Gasteiger partial charge in [0.15, 0.2) is 0 Å². The zero-order valence-corrected chi connectivity index (χ0v) is 12.4. The van der Waals surface area contributed by atoms with Crippen LogP contribution < -0.4 is 4.90 Å². The van der Waals surface area contributed by atoms with E-state index >= 15 is 0 Å². The summed E-state index contributed by atoms with van der Waals surface area (Å²) >= 11 is 0. The number of benzene rings is 1. The number of rotatable bonds is 2. The largest absolute Gasteiger partial charge is 0.372 e. The van der Waals surface area contributed by atoms with E-state index in [-0.39, 0.29) is 12.2 Å². The van der Waals surface area contributed by atoms with E-state index in [4.69, 9.17) is 4.74 Å². The van der Waals surface area contributed by atoms with Gasteiger partial charge < -0.3 is 9.64 Å². The smallest absolute Gasteiger partial charge is 0.103 e. The number of ether oxygens (including phenoxy) is 1. The fourth-order valence-corrected chi connectivity index (χ4v) is 3.00. The van der Waals surface area contributed by atoms with Gasteiger partial charge in [-0.25, -0.2) is 0 Å². The number of hydrogen-bond acceptors (Lipinski definition) is 4. The topological polar surface area (TPSA) is 49.2 Å². The third-order valence-electron chi connectivity index (χ3n) is 3.97. The van der Waals surface area contributed by atoms with Crippen LogP contribution in [-0.2, 0) is 4.74 Å². The lowest BCUT2D eigenvalue weighted by Gasteiger charge is -2.38. The van der Waals surface area contributed by atoms with Crippen molar-refractivity contribution in [1.82, 2.24) is 4.98 Å². The molecule has 0 radical (unpaired) electrons. The number of aromatic nitrogens is 1. The molecule has 0 spiro atoms. The maximum atomic E-state index is 9.45. The minimum absolute atomic E-state index is 0.169. The number of nitrogens with zero attached hydrogens (tertiary/aromatic N) is 3. The fraction of sp³-hybridized carbons (Fsp3) is 0.412. The SMILES string of the molecule is CCC1CN(c2c(C#N)cnc3ccccc23)CC(C)O1. The first-order valence-corrected chi connectivity index (χ1v) is 7.41. The van der Waals surface area contributed by atoms with Gasteiger partial charge in [-0.3, -0.25) is 4.98 Å². The lowest BCUT2D eigenvalue weighted by molar-refractivity contribution is -0.0171. The number of fused-ring (bicyclic) bond motifs is 1. The average Bonchev–Trinajstić information content (AvgIpc) is 2.53. The van der Waals surface area contributed by atoms with Gasteiger partial charge in [0.1, 0.15) is 6.07 Å². The summed E-state index contributed by atoms with van der Waals surface area (Å²) in [5.74, 6) is 0. The zero-order valence-electron chi connectivity index (χ0n) is 12.4. The molecule has 21 heavy (non-hydrogen) atoms. The Hall–Kier alpha value is -2.12. The van der Waals surface area contributed by atoms with Gasteiger partial charge in [-0.15, -0.1) is 0 Å². The molecule has 1 aromatic carbocycles. The van der Waals surface area contributed by atoms with Crippen LogP contribution in [0.5, 0.6) is 0 Å². The molecule has 1 fully saturated rings. The minimum atomic E-state index is 0.169. The summed E-state index contributed by atoms with van der Waals surface area (Å²) in [6.07, 6.45) is 3.04. The summed E-state index contributed by atoms with van der Waals surface area (Å²) in [6, 6.07) is 10.3. The Morgan fingerprint density at radius 3 is 2.95 bits per heavy atom. The second-order valence-corrected chi connectivity index (χ2v) is 5.53. The Morgan fingerprint density at radius 2 is 2.19 bits per heavy atom. The molecule has 4 nitrogen and oxygen atoms in total. The third kappa shape index (κ3) is 2.57. The minimum Gasteiger partial charge on any atom is -0.372 e. The lowest BCUT2D eigenvalue weighted by Crippen LogP contribution is -2.46. The normalized spacial score (nSPS) is 22.2. The van der Waals surface area contributed by atoms with E-state index < -0.39 is 0 Å². The molecule has 0 saturated carbocycles. The first-order chi connectivity index (χ1) is 10.2. The number of pyridine rings is 1. The molecule has 1 aliphatic heterocycles. The molecular formula is C17H19N3O. The summed E-state index contributed by atoms with van der Waals surface area (Å²) in [6.45, 7) is 5.85. The van der Waals surface area contributed by atoms with Gasteiger partial charge in [0.25, 0.3) is 0 Å². The van der Waals surface area contributed by atoms with E-state index in [1.165, 1.54) is 0 Å². The van der Waals surface area contributed by atoms with Crippen molar-refractivity contribution in [3.05, 3.63) is 36.0 Å². The van der Waals surface area contributed by atoms with Crippen LogP contribution >= 0.6 is 0 Å². The van der Waals surface area contributed by atoms with Crippen LogP contribution in [0.2, 0.25) is 0 Å².